The molecule has 2 rings (SSSR count). The third kappa shape index (κ3) is 7.11. The van der Waals surface area contributed by atoms with Gasteiger partial charge in [0, 0.05) is 17.7 Å². The summed E-state index contributed by atoms with van der Waals surface area (Å²) in [5.74, 6) is -0.416. The summed E-state index contributed by atoms with van der Waals surface area (Å²) in [5, 5.41) is 2.77. The number of hydrazine groups is 1. The van der Waals surface area contributed by atoms with Crippen molar-refractivity contribution < 1.29 is 19.1 Å². The maximum Gasteiger partial charge on any atom is 0.276 e. The number of carbonyl (C=O) groups is 3. The number of unbranched alkanes of at least 4 members (excludes halogenated alkanes) is 1. The molecule has 0 heterocycles. The maximum absolute atomic E-state index is 12.1. The highest BCUT2D eigenvalue weighted by Gasteiger charge is 2.09. The van der Waals surface area contributed by atoms with Gasteiger partial charge in [0.05, 0.1) is 0 Å². The molecule has 3 amide bonds. The van der Waals surface area contributed by atoms with Crippen LogP contribution >= 0.6 is 0 Å². The van der Waals surface area contributed by atoms with E-state index in [-0.39, 0.29) is 12.5 Å². The number of ether oxygens (including phenoxy) is 1. The molecular formula is C21H25N3O4. The summed E-state index contributed by atoms with van der Waals surface area (Å²) in [6.45, 7) is 3.73. The van der Waals surface area contributed by atoms with Crippen LogP contribution in [0.5, 0.6) is 5.75 Å². The van der Waals surface area contributed by atoms with Crippen LogP contribution in [0.3, 0.4) is 0 Å². The Morgan fingerprint density at radius 1 is 0.964 bits per heavy atom. The minimum atomic E-state index is -0.477. The molecule has 7 nitrogen and oxygen atoms in total. The largest absolute Gasteiger partial charge is 0.484 e. The number of rotatable bonds is 8. The number of carbonyl (C=O) groups excluding carboxylic acids is 3. The Bertz CT molecular complexity index is 819. The van der Waals surface area contributed by atoms with Crippen molar-refractivity contribution in [2.75, 3.05) is 11.9 Å². The van der Waals surface area contributed by atoms with E-state index >= 15 is 0 Å². The zero-order valence-corrected chi connectivity index (χ0v) is 16.1. The number of aryl methyl sites for hydroxylation is 1. The minimum Gasteiger partial charge on any atom is -0.484 e. The molecule has 0 fully saturated rings. The van der Waals surface area contributed by atoms with E-state index in [2.05, 4.69) is 16.2 Å². The molecule has 2 aromatic carbocycles. The molecule has 0 aromatic heterocycles. The number of benzene rings is 2. The molecule has 0 atom stereocenters. The van der Waals surface area contributed by atoms with E-state index in [0.717, 1.165) is 18.4 Å². The van der Waals surface area contributed by atoms with E-state index < -0.39 is 11.8 Å². The first-order chi connectivity index (χ1) is 13.5. The first-order valence-corrected chi connectivity index (χ1v) is 9.16. The first-order valence-electron chi connectivity index (χ1n) is 9.16. The van der Waals surface area contributed by atoms with E-state index in [1.807, 2.05) is 32.0 Å². The van der Waals surface area contributed by atoms with E-state index in [1.54, 1.807) is 30.3 Å². The summed E-state index contributed by atoms with van der Waals surface area (Å²) in [7, 11) is 0. The smallest absolute Gasteiger partial charge is 0.276 e. The number of hydrogen-bond acceptors (Lipinski definition) is 4. The standard InChI is InChI=1S/C21H25N3O4/c1-3-4-8-19(25)22-17-11-9-16(10-12-17)21(27)24-23-20(26)14-28-18-7-5-6-15(2)13-18/h5-7,9-13H,3-4,8,14H2,1-2H3,(H,22,25)(H,23,26)(H,24,27). The van der Waals surface area contributed by atoms with Crippen molar-refractivity contribution in [3.63, 3.8) is 0 Å². The average molecular weight is 383 g/mol. The highest BCUT2D eigenvalue weighted by atomic mass is 16.5. The van der Waals surface area contributed by atoms with Gasteiger partial charge >= 0.3 is 0 Å². The van der Waals surface area contributed by atoms with Gasteiger partial charge in [0.25, 0.3) is 11.8 Å². The third-order valence-corrected chi connectivity index (χ3v) is 3.86. The van der Waals surface area contributed by atoms with Crippen LogP contribution < -0.4 is 20.9 Å². The molecule has 148 valence electrons. The SMILES string of the molecule is CCCCC(=O)Nc1ccc(C(=O)NNC(=O)COc2cccc(C)c2)cc1. The molecule has 2 aromatic rings. The molecule has 0 spiro atoms. The van der Waals surface area contributed by atoms with Gasteiger partial charge in [-0.2, -0.15) is 0 Å². The van der Waals surface area contributed by atoms with Gasteiger partial charge in [0.1, 0.15) is 5.75 Å². The highest BCUT2D eigenvalue weighted by Crippen LogP contribution is 2.12. The molecule has 0 radical (unpaired) electrons. The van der Waals surface area contributed by atoms with Crippen molar-refractivity contribution in [1.82, 2.24) is 10.9 Å². The molecule has 0 bridgehead atoms. The number of anilines is 1. The lowest BCUT2D eigenvalue weighted by atomic mass is 10.2. The fourth-order valence-electron chi connectivity index (χ4n) is 2.35. The molecule has 0 unspecified atom stereocenters. The molecular weight excluding hydrogens is 358 g/mol. The molecule has 0 aliphatic heterocycles. The second-order valence-electron chi connectivity index (χ2n) is 6.34. The van der Waals surface area contributed by atoms with Crippen LogP contribution in [0.4, 0.5) is 5.69 Å². The zero-order chi connectivity index (χ0) is 20.4. The van der Waals surface area contributed by atoms with Gasteiger partial charge in [-0.15, -0.1) is 0 Å². The summed E-state index contributed by atoms with van der Waals surface area (Å²) >= 11 is 0. The van der Waals surface area contributed by atoms with Gasteiger partial charge in [-0.3, -0.25) is 25.2 Å². The van der Waals surface area contributed by atoms with Gasteiger partial charge in [0.2, 0.25) is 5.91 Å². The van der Waals surface area contributed by atoms with Crippen LogP contribution in [0.15, 0.2) is 48.5 Å². The van der Waals surface area contributed by atoms with Crippen molar-refractivity contribution in [1.29, 1.82) is 0 Å². The molecule has 28 heavy (non-hydrogen) atoms. The Hall–Kier alpha value is -3.35. The predicted octanol–water partition coefficient (Wildman–Crippen LogP) is 2.96. The van der Waals surface area contributed by atoms with Gasteiger partial charge in [-0.1, -0.05) is 25.5 Å². The highest BCUT2D eigenvalue weighted by molar-refractivity contribution is 5.96. The Labute approximate surface area is 164 Å². The van der Waals surface area contributed by atoms with Crippen LogP contribution in [0, 0.1) is 6.92 Å². The Kier molecular flexibility index (Phi) is 8.02. The summed E-state index contributed by atoms with van der Waals surface area (Å²) in [6.07, 6.45) is 2.25. The van der Waals surface area contributed by atoms with Gasteiger partial charge in [-0.25, -0.2) is 0 Å². The molecule has 0 aliphatic rings. The Morgan fingerprint density at radius 3 is 2.39 bits per heavy atom. The molecule has 0 saturated heterocycles. The normalized spacial score (nSPS) is 10.1. The van der Waals surface area contributed by atoms with E-state index in [4.69, 9.17) is 4.74 Å². The average Bonchev–Trinajstić information content (AvgIpc) is 2.69. The van der Waals surface area contributed by atoms with Crippen LogP contribution in [0.1, 0.15) is 42.1 Å². The monoisotopic (exact) mass is 383 g/mol. The lowest BCUT2D eigenvalue weighted by Gasteiger charge is -2.10. The number of amides is 3. The quantitative estimate of drug-likeness (QED) is 0.611. The van der Waals surface area contributed by atoms with E-state index in [0.29, 0.717) is 23.4 Å². The van der Waals surface area contributed by atoms with Crippen LogP contribution in [-0.2, 0) is 9.59 Å². The van der Waals surface area contributed by atoms with Crippen LogP contribution in [-0.4, -0.2) is 24.3 Å². The number of nitrogens with one attached hydrogen (secondary N) is 3. The first kappa shape index (κ1) is 21.0. The van der Waals surface area contributed by atoms with Crippen molar-refractivity contribution in [3.05, 3.63) is 59.7 Å². The van der Waals surface area contributed by atoms with Gasteiger partial charge in [-0.05, 0) is 55.3 Å². The minimum absolute atomic E-state index is 0.0556. The second kappa shape index (κ2) is 10.7. The fourth-order valence-corrected chi connectivity index (χ4v) is 2.35. The fraction of sp³-hybridized carbons (Fsp3) is 0.286. The second-order valence-corrected chi connectivity index (χ2v) is 6.34. The Morgan fingerprint density at radius 2 is 1.71 bits per heavy atom. The van der Waals surface area contributed by atoms with Crippen molar-refractivity contribution >= 4 is 23.4 Å². The molecule has 3 N–H and O–H groups in total. The molecule has 0 saturated carbocycles. The number of hydrogen-bond donors (Lipinski definition) is 3. The summed E-state index contributed by atoms with van der Waals surface area (Å²) in [4.78, 5) is 35.6. The summed E-state index contributed by atoms with van der Waals surface area (Å²) in [6, 6.07) is 13.7. The van der Waals surface area contributed by atoms with Crippen molar-refractivity contribution in [2.24, 2.45) is 0 Å². The van der Waals surface area contributed by atoms with E-state index in [1.165, 1.54) is 0 Å². The topological polar surface area (TPSA) is 96.5 Å². The molecule has 0 aliphatic carbocycles. The lowest BCUT2D eigenvalue weighted by Crippen LogP contribution is -2.43. The maximum atomic E-state index is 12.1. The van der Waals surface area contributed by atoms with Crippen LogP contribution in [0.25, 0.3) is 0 Å². The third-order valence-electron chi connectivity index (χ3n) is 3.86. The lowest BCUT2D eigenvalue weighted by molar-refractivity contribution is -0.123. The van der Waals surface area contributed by atoms with Crippen LogP contribution in [0.2, 0.25) is 0 Å². The Balaban J connectivity index is 1.76. The predicted molar refractivity (Wildman–Crippen MR) is 107 cm³/mol. The zero-order valence-electron chi connectivity index (χ0n) is 16.1. The van der Waals surface area contributed by atoms with Gasteiger partial charge in [0.15, 0.2) is 6.61 Å². The molecule has 7 heteroatoms. The van der Waals surface area contributed by atoms with Crippen molar-refractivity contribution in [2.45, 2.75) is 33.1 Å². The van der Waals surface area contributed by atoms with Crippen molar-refractivity contribution in [3.8, 4) is 5.75 Å². The van der Waals surface area contributed by atoms with Gasteiger partial charge < -0.3 is 10.1 Å². The van der Waals surface area contributed by atoms with E-state index in [9.17, 15) is 14.4 Å². The summed E-state index contributed by atoms with van der Waals surface area (Å²) in [5.41, 5.74) is 6.63. The summed E-state index contributed by atoms with van der Waals surface area (Å²) < 4.78 is 5.36.